The topological polar surface area (TPSA) is 82.5 Å². The molecule has 6 heteroatoms. The van der Waals surface area contributed by atoms with Gasteiger partial charge in [0.1, 0.15) is 5.69 Å². The summed E-state index contributed by atoms with van der Waals surface area (Å²) in [4.78, 5) is 8.75. The highest BCUT2D eigenvalue weighted by Gasteiger charge is 2.13. The van der Waals surface area contributed by atoms with Gasteiger partial charge < -0.3 is 5.73 Å². The van der Waals surface area contributed by atoms with Gasteiger partial charge in [0.15, 0.2) is 0 Å². The first-order chi connectivity index (χ1) is 11.8. The zero-order valence-electron chi connectivity index (χ0n) is 12.9. The summed E-state index contributed by atoms with van der Waals surface area (Å²) < 4.78 is 1.78. The lowest BCUT2D eigenvalue weighted by Gasteiger charge is -2.07. The number of nitrogens with two attached hydrogens (primary N) is 1. The molecule has 2 aromatic carbocycles. The molecule has 0 aliphatic heterocycles. The van der Waals surface area contributed by atoms with Crippen molar-refractivity contribution in [3.63, 3.8) is 0 Å². The lowest BCUT2D eigenvalue weighted by molar-refractivity contribution is 0.650. The van der Waals surface area contributed by atoms with Gasteiger partial charge in [-0.05, 0) is 11.6 Å². The molecular weight excluding hydrogens is 300 g/mol. The van der Waals surface area contributed by atoms with Gasteiger partial charge in [-0.2, -0.15) is 0 Å². The van der Waals surface area contributed by atoms with Crippen molar-refractivity contribution in [1.29, 1.82) is 0 Å². The predicted molar refractivity (Wildman–Crippen MR) is 91.1 cm³/mol. The summed E-state index contributed by atoms with van der Waals surface area (Å²) in [7, 11) is 0. The second-order valence-corrected chi connectivity index (χ2v) is 5.57. The maximum absolute atomic E-state index is 6.28. The van der Waals surface area contributed by atoms with Crippen LogP contribution in [-0.4, -0.2) is 25.0 Å². The van der Waals surface area contributed by atoms with Gasteiger partial charge in [-0.25, -0.2) is 4.68 Å². The Hall–Kier alpha value is -3.12. The molecule has 0 bridgehead atoms. The van der Waals surface area contributed by atoms with Crippen LogP contribution in [0.1, 0.15) is 22.9 Å². The molecule has 0 aliphatic carbocycles. The fraction of sp³-hybridized carbons (Fsp3) is 0.111. The van der Waals surface area contributed by atoms with E-state index in [9.17, 15) is 0 Å². The Morgan fingerprint density at radius 3 is 2.67 bits per heavy atom. The predicted octanol–water partition coefficient (Wildman–Crippen LogP) is 2.32. The minimum Gasteiger partial charge on any atom is -0.319 e. The second-order valence-electron chi connectivity index (χ2n) is 5.57. The van der Waals surface area contributed by atoms with Crippen LogP contribution in [0.2, 0.25) is 0 Å². The van der Waals surface area contributed by atoms with E-state index in [1.165, 1.54) is 0 Å². The molecule has 2 aromatic heterocycles. The van der Waals surface area contributed by atoms with E-state index in [-0.39, 0.29) is 6.04 Å². The molecule has 118 valence electrons. The van der Waals surface area contributed by atoms with Crippen LogP contribution in [0.3, 0.4) is 0 Å². The van der Waals surface area contributed by atoms with Crippen molar-refractivity contribution >= 4 is 11.0 Å². The molecule has 2 N–H and O–H groups in total. The van der Waals surface area contributed by atoms with Gasteiger partial charge in [0, 0.05) is 18.0 Å². The molecule has 0 amide bonds. The number of para-hydroxylation sites is 1. The van der Waals surface area contributed by atoms with Crippen molar-refractivity contribution in [1.82, 2.24) is 25.0 Å². The summed E-state index contributed by atoms with van der Waals surface area (Å²) in [5.41, 5.74) is 10.8. The number of hydrogen-bond donors (Lipinski definition) is 1. The number of hydrogen-bond acceptors (Lipinski definition) is 5. The van der Waals surface area contributed by atoms with Gasteiger partial charge in [-0.3, -0.25) is 9.97 Å². The van der Waals surface area contributed by atoms with E-state index < -0.39 is 0 Å². The van der Waals surface area contributed by atoms with Gasteiger partial charge in [0.25, 0.3) is 0 Å². The Labute approximate surface area is 139 Å². The van der Waals surface area contributed by atoms with Crippen LogP contribution in [-0.2, 0) is 6.54 Å². The molecule has 24 heavy (non-hydrogen) atoms. The van der Waals surface area contributed by atoms with Crippen molar-refractivity contribution in [3.05, 3.63) is 83.9 Å². The highest BCUT2D eigenvalue weighted by atomic mass is 15.4. The van der Waals surface area contributed by atoms with Gasteiger partial charge >= 0.3 is 0 Å². The number of fused-ring (bicyclic) bond motifs is 1. The minimum atomic E-state index is -0.285. The lowest BCUT2D eigenvalue weighted by Crippen LogP contribution is -2.12. The molecule has 4 aromatic rings. The number of nitrogens with zero attached hydrogens (tertiary/aromatic N) is 5. The number of aromatic nitrogens is 5. The van der Waals surface area contributed by atoms with Crippen LogP contribution in [0.5, 0.6) is 0 Å². The highest BCUT2D eigenvalue weighted by molar-refractivity contribution is 5.77. The van der Waals surface area contributed by atoms with Crippen LogP contribution >= 0.6 is 0 Å². The molecule has 0 saturated carbocycles. The van der Waals surface area contributed by atoms with Crippen LogP contribution in [0.15, 0.2) is 67.1 Å². The van der Waals surface area contributed by atoms with Gasteiger partial charge in [0.05, 0.1) is 29.8 Å². The summed E-state index contributed by atoms with van der Waals surface area (Å²) in [5.74, 6) is 0. The molecular formula is C18H16N6. The maximum atomic E-state index is 6.28. The Kier molecular flexibility index (Phi) is 3.72. The molecule has 1 atom stereocenters. The molecule has 0 aliphatic rings. The third-order valence-electron chi connectivity index (χ3n) is 3.95. The first kappa shape index (κ1) is 14.5. The minimum absolute atomic E-state index is 0.285. The molecule has 1 unspecified atom stereocenters. The quantitative estimate of drug-likeness (QED) is 0.625. The van der Waals surface area contributed by atoms with Crippen LogP contribution in [0.25, 0.3) is 11.0 Å². The zero-order chi connectivity index (χ0) is 16.4. The van der Waals surface area contributed by atoms with Crippen LogP contribution in [0, 0.1) is 0 Å². The van der Waals surface area contributed by atoms with Crippen LogP contribution < -0.4 is 5.73 Å². The van der Waals surface area contributed by atoms with Gasteiger partial charge in [-0.1, -0.05) is 47.7 Å². The maximum Gasteiger partial charge on any atom is 0.104 e. The SMILES string of the molecule is NC(c1ccccc1)c1cn(Cc2cccc3nccnc23)nn1. The first-order valence-electron chi connectivity index (χ1n) is 7.70. The standard InChI is InChI=1S/C18H16N6/c19-17(13-5-2-1-3-6-13)16-12-24(23-22-16)11-14-7-4-8-15-18(14)21-10-9-20-15/h1-10,12,17H,11,19H2. The number of benzene rings is 2. The normalized spacial score (nSPS) is 12.4. The molecule has 2 heterocycles. The zero-order valence-corrected chi connectivity index (χ0v) is 12.9. The van der Waals surface area contributed by atoms with Crippen molar-refractivity contribution in [2.45, 2.75) is 12.6 Å². The molecule has 0 radical (unpaired) electrons. The van der Waals surface area contributed by atoms with Gasteiger partial charge in [-0.15, -0.1) is 5.10 Å². The molecule has 0 spiro atoms. The molecule has 4 rings (SSSR count). The second kappa shape index (κ2) is 6.17. The fourth-order valence-corrected chi connectivity index (χ4v) is 2.72. The van der Waals surface area contributed by atoms with E-state index >= 15 is 0 Å². The average molecular weight is 316 g/mol. The van der Waals surface area contributed by atoms with E-state index in [1.54, 1.807) is 17.1 Å². The molecule has 0 fully saturated rings. The Morgan fingerprint density at radius 2 is 1.79 bits per heavy atom. The largest absolute Gasteiger partial charge is 0.319 e. The first-order valence-corrected chi connectivity index (χ1v) is 7.70. The van der Waals surface area contributed by atoms with Crippen molar-refractivity contribution in [2.75, 3.05) is 0 Å². The van der Waals surface area contributed by atoms with E-state index in [0.29, 0.717) is 6.54 Å². The van der Waals surface area contributed by atoms with Crippen LogP contribution in [0.4, 0.5) is 0 Å². The lowest BCUT2D eigenvalue weighted by atomic mass is 10.1. The summed E-state index contributed by atoms with van der Waals surface area (Å²) in [6.07, 6.45) is 5.27. The summed E-state index contributed by atoms with van der Waals surface area (Å²) >= 11 is 0. The fourth-order valence-electron chi connectivity index (χ4n) is 2.72. The highest BCUT2D eigenvalue weighted by Crippen LogP contribution is 2.18. The third-order valence-corrected chi connectivity index (χ3v) is 3.95. The Bertz CT molecular complexity index is 958. The smallest absolute Gasteiger partial charge is 0.104 e. The third kappa shape index (κ3) is 2.75. The van der Waals surface area contributed by atoms with Crippen molar-refractivity contribution in [3.8, 4) is 0 Å². The number of rotatable bonds is 4. The van der Waals surface area contributed by atoms with Crippen molar-refractivity contribution in [2.24, 2.45) is 5.73 Å². The van der Waals surface area contributed by atoms with Crippen molar-refractivity contribution < 1.29 is 0 Å². The van der Waals surface area contributed by atoms with E-state index in [1.807, 2.05) is 54.7 Å². The van der Waals surface area contributed by atoms with Gasteiger partial charge in [0.2, 0.25) is 0 Å². The summed E-state index contributed by atoms with van der Waals surface area (Å²) in [6.45, 7) is 0.574. The monoisotopic (exact) mass is 316 g/mol. The average Bonchev–Trinajstić information content (AvgIpc) is 3.11. The Morgan fingerprint density at radius 1 is 0.958 bits per heavy atom. The van der Waals surface area contributed by atoms with E-state index in [0.717, 1.165) is 27.9 Å². The Balaban J connectivity index is 1.61. The van der Waals surface area contributed by atoms with E-state index in [2.05, 4.69) is 20.3 Å². The summed E-state index contributed by atoms with van der Waals surface area (Å²) in [6, 6.07) is 15.5. The molecule has 0 saturated heterocycles. The van der Waals surface area contributed by atoms with E-state index in [4.69, 9.17) is 5.73 Å². The summed E-state index contributed by atoms with van der Waals surface area (Å²) in [5, 5.41) is 8.42. The molecule has 6 nitrogen and oxygen atoms in total.